The molecule has 0 aromatic heterocycles. The summed E-state index contributed by atoms with van der Waals surface area (Å²) in [6.45, 7) is 2.46. The van der Waals surface area contributed by atoms with Crippen LogP contribution in [0.1, 0.15) is 32.1 Å². The Morgan fingerprint density at radius 3 is 2.89 bits per heavy atom. The van der Waals surface area contributed by atoms with Crippen molar-refractivity contribution >= 4 is 5.91 Å². The number of fused-ring (bicyclic) bond motifs is 2. The Kier molecular flexibility index (Phi) is 2.55. The lowest BCUT2D eigenvalue weighted by molar-refractivity contribution is -0.925. The zero-order chi connectivity index (χ0) is 13.0. The van der Waals surface area contributed by atoms with Crippen molar-refractivity contribution in [2.75, 3.05) is 19.6 Å². The fourth-order valence-electron chi connectivity index (χ4n) is 5.25. The van der Waals surface area contributed by atoms with Crippen molar-refractivity contribution in [2.24, 2.45) is 11.8 Å². The standard InChI is InChI=1S/C15H22N2O2/c18-14-7-1-6-13-12-5-3-9-17(19)8-2-4-11(15(12)17)10-16(13)14/h1,7,11-13,15H,2-6,8-10H2/t11-,12+,13-,15-,17-/m1/s1. The van der Waals surface area contributed by atoms with Gasteiger partial charge in [0, 0.05) is 24.4 Å². The zero-order valence-corrected chi connectivity index (χ0v) is 11.3. The highest BCUT2D eigenvalue weighted by Gasteiger charge is 2.54. The van der Waals surface area contributed by atoms with Crippen LogP contribution in [-0.2, 0) is 4.79 Å². The number of piperidine rings is 3. The highest BCUT2D eigenvalue weighted by Crippen LogP contribution is 2.47. The number of amides is 1. The molecule has 1 amide bonds. The smallest absolute Gasteiger partial charge is 0.246 e. The van der Waals surface area contributed by atoms with Crippen molar-refractivity contribution in [2.45, 2.75) is 44.2 Å². The minimum Gasteiger partial charge on any atom is -0.633 e. The molecular formula is C15H22N2O2. The maximum absolute atomic E-state index is 13.1. The predicted molar refractivity (Wildman–Crippen MR) is 71.9 cm³/mol. The lowest BCUT2D eigenvalue weighted by Gasteiger charge is -2.64. The van der Waals surface area contributed by atoms with Crippen LogP contribution in [0.5, 0.6) is 0 Å². The molecule has 5 atom stereocenters. The van der Waals surface area contributed by atoms with E-state index < -0.39 is 0 Å². The number of hydrogen-bond acceptors (Lipinski definition) is 2. The molecule has 19 heavy (non-hydrogen) atoms. The fraction of sp³-hybridized carbons (Fsp3) is 0.800. The van der Waals surface area contributed by atoms with Crippen molar-refractivity contribution in [1.82, 2.24) is 4.90 Å². The highest BCUT2D eigenvalue weighted by atomic mass is 16.5. The van der Waals surface area contributed by atoms with Crippen molar-refractivity contribution < 1.29 is 9.44 Å². The van der Waals surface area contributed by atoms with Gasteiger partial charge in [-0.15, -0.1) is 0 Å². The monoisotopic (exact) mass is 262 g/mol. The largest absolute Gasteiger partial charge is 0.633 e. The minimum absolute atomic E-state index is 0.0532. The molecule has 4 heterocycles. The van der Waals surface area contributed by atoms with E-state index in [-0.39, 0.29) is 16.6 Å². The summed E-state index contributed by atoms with van der Waals surface area (Å²) in [6, 6.07) is 0.589. The van der Waals surface area contributed by atoms with E-state index in [0.29, 0.717) is 17.9 Å². The van der Waals surface area contributed by atoms with Crippen LogP contribution < -0.4 is 0 Å². The molecule has 0 aliphatic carbocycles. The number of rotatable bonds is 0. The van der Waals surface area contributed by atoms with Crippen LogP contribution in [0.4, 0.5) is 0 Å². The van der Waals surface area contributed by atoms with E-state index in [4.69, 9.17) is 0 Å². The summed E-state index contributed by atoms with van der Waals surface area (Å²) in [7, 11) is 0. The number of hydrogen-bond donors (Lipinski definition) is 0. The van der Waals surface area contributed by atoms with Crippen LogP contribution in [0.2, 0.25) is 0 Å². The van der Waals surface area contributed by atoms with Gasteiger partial charge in [0.25, 0.3) is 0 Å². The third kappa shape index (κ3) is 1.62. The molecule has 0 radical (unpaired) electrons. The molecule has 4 aliphatic rings. The van der Waals surface area contributed by atoms with Crippen LogP contribution in [0.3, 0.4) is 0 Å². The van der Waals surface area contributed by atoms with E-state index in [1.165, 1.54) is 0 Å². The maximum atomic E-state index is 13.1. The van der Waals surface area contributed by atoms with Gasteiger partial charge in [0.2, 0.25) is 5.91 Å². The second-order valence-electron chi connectivity index (χ2n) is 6.79. The Morgan fingerprint density at radius 1 is 1.26 bits per heavy atom. The second-order valence-corrected chi connectivity index (χ2v) is 6.79. The van der Waals surface area contributed by atoms with Gasteiger partial charge in [-0.05, 0) is 38.2 Å². The van der Waals surface area contributed by atoms with Crippen LogP contribution in [0, 0.1) is 17.0 Å². The molecule has 4 aliphatic heterocycles. The quantitative estimate of drug-likeness (QED) is 0.492. The molecule has 4 rings (SSSR count). The molecule has 0 saturated carbocycles. The first-order valence-corrected chi connectivity index (χ1v) is 7.74. The van der Waals surface area contributed by atoms with Crippen molar-refractivity contribution in [1.29, 1.82) is 0 Å². The van der Waals surface area contributed by atoms with Gasteiger partial charge in [-0.1, -0.05) is 6.08 Å². The first-order valence-electron chi connectivity index (χ1n) is 7.74. The second kappa shape index (κ2) is 4.06. The number of hydroxylamine groups is 3. The van der Waals surface area contributed by atoms with Crippen LogP contribution in [0.25, 0.3) is 0 Å². The van der Waals surface area contributed by atoms with Gasteiger partial charge in [-0.25, -0.2) is 0 Å². The lowest BCUT2D eigenvalue weighted by Crippen LogP contribution is -2.71. The molecule has 0 N–H and O–H groups in total. The molecule has 0 unspecified atom stereocenters. The van der Waals surface area contributed by atoms with Crippen molar-refractivity contribution in [3.8, 4) is 0 Å². The molecule has 0 aromatic rings. The lowest BCUT2D eigenvalue weighted by atomic mass is 9.68. The Hall–Kier alpha value is -0.870. The number of nitrogens with zero attached hydrogens (tertiary/aromatic N) is 2. The first kappa shape index (κ1) is 11.9. The minimum atomic E-state index is 0.0532. The van der Waals surface area contributed by atoms with Gasteiger partial charge in [0.05, 0.1) is 19.1 Å². The average Bonchev–Trinajstić information content (AvgIpc) is 2.40. The third-order valence-corrected chi connectivity index (χ3v) is 5.90. The molecule has 4 heteroatoms. The molecule has 0 bridgehead atoms. The normalized spacial score (nSPS) is 48.7. The molecular weight excluding hydrogens is 240 g/mol. The van der Waals surface area contributed by atoms with Gasteiger partial charge >= 0.3 is 0 Å². The Bertz CT molecular complexity index is 432. The highest BCUT2D eigenvalue weighted by molar-refractivity contribution is 5.88. The number of carbonyl (C=O) groups is 1. The molecule has 0 aromatic carbocycles. The third-order valence-electron chi connectivity index (χ3n) is 5.90. The van der Waals surface area contributed by atoms with Crippen molar-refractivity contribution in [3.63, 3.8) is 0 Å². The summed E-state index contributed by atoms with van der Waals surface area (Å²) in [5.41, 5.74) is 0. The number of carbonyl (C=O) groups excluding carboxylic acids is 1. The summed E-state index contributed by atoms with van der Waals surface area (Å²) >= 11 is 0. The molecule has 104 valence electrons. The molecule has 3 fully saturated rings. The van der Waals surface area contributed by atoms with Crippen LogP contribution in [-0.4, -0.2) is 47.2 Å². The average molecular weight is 262 g/mol. The Morgan fingerprint density at radius 2 is 2.05 bits per heavy atom. The summed E-state index contributed by atoms with van der Waals surface area (Å²) in [5, 5.41) is 13.1. The summed E-state index contributed by atoms with van der Waals surface area (Å²) < 4.78 is 0.0532. The van der Waals surface area contributed by atoms with Gasteiger partial charge < -0.3 is 14.8 Å². The molecule has 0 spiro atoms. The topological polar surface area (TPSA) is 43.4 Å². The summed E-state index contributed by atoms with van der Waals surface area (Å²) in [4.78, 5) is 14.2. The Labute approximate surface area is 114 Å². The van der Waals surface area contributed by atoms with Crippen molar-refractivity contribution in [3.05, 3.63) is 17.4 Å². The van der Waals surface area contributed by atoms with E-state index in [1.54, 1.807) is 6.08 Å². The van der Waals surface area contributed by atoms with E-state index in [1.807, 2.05) is 6.08 Å². The number of quaternary nitrogens is 1. The van der Waals surface area contributed by atoms with Crippen LogP contribution >= 0.6 is 0 Å². The van der Waals surface area contributed by atoms with E-state index in [0.717, 1.165) is 51.7 Å². The van der Waals surface area contributed by atoms with Gasteiger partial charge in [0.1, 0.15) is 0 Å². The molecule has 3 saturated heterocycles. The van der Waals surface area contributed by atoms with E-state index in [9.17, 15) is 10.0 Å². The summed E-state index contributed by atoms with van der Waals surface area (Å²) in [5.74, 6) is 1.07. The summed E-state index contributed by atoms with van der Waals surface area (Å²) in [6.07, 6.45) is 9.07. The fourth-order valence-corrected chi connectivity index (χ4v) is 5.25. The Balaban J connectivity index is 1.72. The van der Waals surface area contributed by atoms with Crippen LogP contribution in [0.15, 0.2) is 12.2 Å². The SMILES string of the molecule is O=C1C=CC[C@@H]2[C@@H]3CCC[N@+]4([O-])CCC[C@H](CN12)[C@H]34. The van der Waals surface area contributed by atoms with E-state index in [2.05, 4.69) is 4.90 Å². The predicted octanol–water partition coefficient (Wildman–Crippen LogP) is 1.66. The zero-order valence-electron chi connectivity index (χ0n) is 11.3. The van der Waals surface area contributed by atoms with Gasteiger partial charge in [-0.2, -0.15) is 0 Å². The molecule has 4 nitrogen and oxygen atoms in total. The van der Waals surface area contributed by atoms with Gasteiger partial charge in [-0.3, -0.25) is 4.79 Å². The first-order chi connectivity index (χ1) is 9.19. The van der Waals surface area contributed by atoms with Gasteiger partial charge in [0.15, 0.2) is 0 Å². The van der Waals surface area contributed by atoms with E-state index >= 15 is 0 Å². The maximum Gasteiger partial charge on any atom is 0.246 e.